The van der Waals surface area contributed by atoms with Crippen LogP contribution in [0.1, 0.15) is 5.56 Å². The number of rotatable bonds is 1. The predicted molar refractivity (Wildman–Crippen MR) is 67.8 cm³/mol. The molecule has 0 radical (unpaired) electrons. The summed E-state index contributed by atoms with van der Waals surface area (Å²) in [4.78, 5) is 4.09. The lowest BCUT2D eigenvalue weighted by Crippen LogP contribution is -2.07. The molecule has 0 aliphatic heterocycles. The number of halogens is 3. The molecule has 102 valence electrons. The molecule has 2 N–H and O–H groups in total. The second kappa shape index (κ2) is 4.22. The van der Waals surface area contributed by atoms with E-state index in [1.54, 1.807) is 18.3 Å². The fourth-order valence-electron chi connectivity index (χ4n) is 1.94. The van der Waals surface area contributed by atoms with Crippen LogP contribution in [0.3, 0.4) is 0 Å². The molecule has 2 aromatic heterocycles. The van der Waals surface area contributed by atoms with Gasteiger partial charge in [-0.05, 0) is 12.1 Å². The molecular formula is C13H9F3N4. The number of benzene rings is 1. The number of nitrogens with zero attached hydrogens (tertiary/aromatic N) is 3. The van der Waals surface area contributed by atoms with Crippen molar-refractivity contribution in [2.45, 2.75) is 6.18 Å². The van der Waals surface area contributed by atoms with E-state index in [1.165, 1.54) is 22.7 Å². The summed E-state index contributed by atoms with van der Waals surface area (Å²) >= 11 is 0. The molecule has 3 aromatic rings. The second-order valence-electron chi connectivity index (χ2n) is 4.24. The Bertz CT molecular complexity index is 777. The number of nitrogen functional groups attached to an aromatic ring is 1. The highest BCUT2D eigenvalue weighted by Gasteiger charge is 2.34. The molecule has 3 rings (SSSR count). The first kappa shape index (κ1) is 12.5. The van der Waals surface area contributed by atoms with E-state index in [0.717, 1.165) is 6.07 Å². The Hall–Kier alpha value is -2.57. The molecule has 0 saturated carbocycles. The van der Waals surface area contributed by atoms with Gasteiger partial charge in [-0.1, -0.05) is 18.2 Å². The van der Waals surface area contributed by atoms with Crippen LogP contribution in [0.4, 0.5) is 18.9 Å². The zero-order valence-corrected chi connectivity index (χ0v) is 10.1. The molecule has 4 nitrogen and oxygen atoms in total. The van der Waals surface area contributed by atoms with Crippen LogP contribution in [0.5, 0.6) is 0 Å². The van der Waals surface area contributed by atoms with Crippen molar-refractivity contribution in [1.82, 2.24) is 14.6 Å². The van der Waals surface area contributed by atoms with Crippen molar-refractivity contribution < 1.29 is 13.2 Å². The van der Waals surface area contributed by atoms with Gasteiger partial charge < -0.3 is 5.73 Å². The van der Waals surface area contributed by atoms with E-state index in [9.17, 15) is 13.2 Å². The van der Waals surface area contributed by atoms with E-state index < -0.39 is 11.7 Å². The highest BCUT2D eigenvalue weighted by Crippen LogP contribution is 2.35. The Balaban J connectivity index is 2.21. The van der Waals surface area contributed by atoms with Gasteiger partial charge in [-0.2, -0.15) is 13.2 Å². The summed E-state index contributed by atoms with van der Waals surface area (Å²) in [5.41, 5.74) is 5.67. The van der Waals surface area contributed by atoms with Crippen molar-refractivity contribution in [3.63, 3.8) is 0 Å². The summed E-state index contributed by atoms with van der Waals surface area (Å²) in [6.45, 7) is 0. The van der Waals surface area contributed by atoms with Crippen molar-refractivity contribution in [2.24, 2.45) is 0 Å². The quantitative estimate of drug-likeness (QED) is 0.744. The molecule has 1 aromatic carbocycles. The number of pyridine rings is 1. The number of alkyl halides is 3. The van der Waals surface area contributed by atoms with E-state index in [4.69, 9.17) is 5.73 Å². The molecule has 0 bridgehead atoms. The van der Waals surface area contributed by atoms with Gasteiger partial charge >= 0.3 is 6.18 Å². The van der Waals surface area contributed by atoms with Crippen LogP contribution in [0, 0.1) is 0 Å². The molecule has 20 heavy (non-hydrogen) atoms. The van der Waals surface area contributed by atoms with Crippen molar-refractivity contribution in [2.75, 3.05) is 5.73 Å². The van der Waals surface area contributed by atoms with E-state index in [2.05, 4.69) is 10.1 Å². The fourth-order valence-corrected chi connectivity index (χ4v) is 1.94. The highest BCUT2D eigenvalue weighted by molar-refractivity contribution is 5.64. The molecule has 0 unspecified atom stereocenters. The molecular weight excluding hydrogens is 269 g/mol. The van der Waals surface area contributed by atoms with Gasteiger partial charge in [-0.15, -0.1) is 5.10 Å². The van der Waals surface area contributed by atoms with Gasteiger partial charge in [0, 0.05) is 23.5 Å². The van der Waals surface area contributed by atoms with E-state index in [1.807, 2.05) is 0 Å². The molecule has 0 saturated heterocycles. The maximum Gasteiger partial charge on any atom is 0.417 e. The van der Waals surface area contributed by atoms with Crippen LogP contribution in [0.25, 0.3) is 17.0 Å². The van der Waals surface area contributed by atoms with Crippen LogP contribution >= 0.6 is 0 Å². The van der Waals surface area contributed by atoms with Gasteiger partial charge in [-0.3, -0.25) is 0 Å². The number of nitrogens with two attached hydrogens (primary N) is 1. The van der Waals surface area contributed by atoms with Gasteiger partial charge in [0.05, 0.1) is 5.56 Å². The average Bonchev–Trinajstić information content (AvgIpc) is 2.80. The Morgan fingerprint density at radius 2 is 1.85 bits per heavy atom. The Kier molecular flexibility index (Phi) is 2.63. The summed E-state index contributed by atoms with van der Waals surface area (Å²) < 4.78 is 40.3. The molecule has 7 heteroatoms. The van der Waals surface area contributed by atoms with Crippen molar-refractivity contribution in [3.05, 3.63) is 48.2 Å². The van der Waals surface area contributed by atoms with Crippen LogP contribution < -0.4 is 5.73 Å². The smallest absolute Gasteiger partial charge is 0.399 e. The second-order valence-corrected chi connectivity index (χ2v) is 4.24. The molecule has 0 spiro atoms. The normalized spacial score (nSPS) is 11.9. The SMILES string of the molecule is Nc1ccn2nc(-c3ccccc3C(F)(F)F)nc2c1. The lowest BCUT2D eigenvalue weighted by molar-refractivity contribution is -0.137. The first-order valence-corrected chi connectivity index (χ1v) is 5.73. The standard InChI is InChI=1S/C13H9F3N4/c14-13(15,16)10-4-2-1-3-9(10)12-18-11-7-8(17)5-6-20(11)19-12/h1-7H,17H2. The fraction of sp³-hybridized carbons (Fsp3) is 0.0769. The first-order chi connectivity index (χ1) is 9.45. The molecule has 0 aliphatic rings. The first-order valence-electron chi connectivity index (χ1n) is 5.73. The number of hydrogen-bond donors (Lipinski definition) is 1. The lowest BCUT2D eigenvalue weighted by Gasteiger charge is -2.09. The van der Waals surface area contributed by atoms with Crippen LogP contribution in [0.2, 0.25) is 0 Å². The lowest BCUT2D eigenvalue weighted by atomic mass is 10.1. The van der Waals surface area contributed by atoms with Crippen molar-refractivity contribution in [3.8, 4) is 11.4 Å². The minimum absolute atomic E-state index is 0.0172. The molecule has 0 amide bonds. The number of fused-ring (bicyclic) bond motifs is 1. The Morgan fingerprint density at radius 1 is 1.10 bits per heavy atom. The zero-order chi connectivity index (χ0) is 14.3. The number of hydrogen-bond acceptors (Lipinski definition) is 3. The molecule has 0 aliphatic carbocycles. The number of anilines is 1. The minimum atomic E-state index is -4.45. The summed E-state index contributed by atoms with van der Waals surface area (Å²) in [6, 6.07) is 8.36. The topological polar surface area (TPSA) is 56.2 Å². The largest absolute Gasteiger partial charge is 0.417 e. The monoisotopic (exact) mass is 278 g/mol. The van der Waals surface area contributed by atoms with E-state index in [-0.39, 0.29) is 11.4 Å². The van der Waals surface area contributed by atoms with Crippen molar-refractivity contribution in [1.29, 1.82) is 0 Å². The summed E-state index contributed by atoms with van der Waals surface area (Å²) in [6.07, 6.45) is -2.90. The number of aromatic nitrogens is 3. The third kappa shape index (κ3) is 2.07. The highest BCUT2D eigenvalue weighted by atomic mass is 19.4. The molecule has 0 fully saturated rings. The van der Waals surface area contributed by atoms with E-state index >= 15 is 0 Å². The summed E-state index contributed by atoms with van der Waals surface area (Å²) in [5, 5.41) is 4.05. The summed E-state index contributed by atoms with van der Waals surface area (Å²) in [7, 11) is 0. The average molecular weight is 278 g/mol. The van der Waals surface area contributed by atoms with Gasteiger partial charge in [0.1, 0.15) is 0 Å². The Morgan fingerprint density at radius 3 is 2.60 bits per heavy atom. The minimum Gasteiger partial charge on any atom is -0.399 e. The van der Waals surface area contributed by atoms with Gasteiger partial charge in [-0.25, -0.2) is 9.50 Å². The van der Waals surface area contributed by atoms with E-state index in [0.29, 0.717) is 11.3 Å². The maximum atomic E-state index is 13.0. The Labute approximate surface area is 111 Å². The van der Waals surface area contributed by atoms with Crippen molar-refractivity contribution >= 4 is 11.3 Å². The predicted octanol–water partition coefficient (Wildman–Crippen LogP) is 3.00. The maximum absolute atomic E-state index is 13.0. The van der Waals surface area contributed by atoms with Crippen LogP contribution in [0.15, 0.2) is 42.6 Å². The van der Waals surface area contributed by atoms with Crippen LogP contribution in [-0.2, 0) is 6.18 Å². The summed E-state index contributed by atoms with van der Waals surface area (Å²) in [5.74, 6) is 0.0172. The van der Waals surface area contributed by atoms with Gasteiger partial charge in [0.2, 0.25) is 0 Å². The molecule has 2 heterocycles. The molecule has 0 atom stereocenters. The third-order valence-corrected chi connectivity index (χ3v) is 2.83. The third-order valence-electron chi connectivity index (χ3n) is 2.83. The van der Waals surface area contributed by atoms with Crippen LogP contribution in [-0.4, -0.2) is 14.6 Å². The van der Waals surface area contributed by atoms with Gasteiger partial charge in [0.25, 0.3) is 0 Å². The zero-order valence-electron chi connectivity index (χ0n) is 10.1. The van der Waals surface area contributed by atoms with Gasteiger partial charge in [0.15, 0.2) is 11.5 Å².